The second kappa shape index (κ2) is 6.56. The van der Waals surface area contributed by atoms with Crippen molar-refractivity contribution in [2.75, 3.05) is 5.32 Å². The number of carbonyl (C=O) groups excluding carboxylic acids is 1. The topological polar surface area (TPSA) is 98.3 Å². The minimum absolute atomic E-state index is 0.0947. The molecule has 2 rings (SSSR count). The first-order chi connectivity index (χ1) is 9.99. The highest BCUT2D eigenvalue weighted by Crippen LogP contribution is 2.31. The number of anilines is 1. The molecule has 0 heterocycles. The third-order valence-corrected chi connectivity index (χ3v) is 4.18. The Bertz CT molecular complexity index is 545. The van der Waals surface area contributed by atoms with Crippen molar-refractivity contribution >= 4 is 17.3 Å². The van der Waals surface area contributed by atoms with E-state index in [4.69, 9.17) is 5.73 Å². The number of nitro benzene ring substituents is 1. The lowest BCUT2D eigenvalue weighted by Crippen LogP contribution is -2.26. The second-order valence-electron chi connectivity index (χ2n) is 5.72. The minimum Gasteiger partial charge on any atom is -0.376 e. The Morgan fingerprint density at radius 1 is 1.33 bits per heavy atom. The second-order valence-corrected chi connectivity index (χ2v) is 5.72. The number of nitro groups is 1. The average molecular weight is 291 g/mol. The molecule has 114 valence electrons. The number of nitrogens with one attached hydrogen (secondary N) is 1. The van der Waals surface area contributed by atoms with Crippen LogP contribution in [0.25, 0.3) is 0 Å². The summed E-state index contributed by atoms with van der Waals surface area (Å²) in [6.07, 6.45) is 5.70. The quantitative estimate of drug-likeness (QED) is 0.506. The van der Waals surface area contributed by atoms with Gasteiger partial charge >= 0.3 is 0 Å². The van der Waals surface area contributed by atoms with Gasteiger partial charge in [-0.05, 0) is 30.9 Å². The third kappa shape index (κ3) is 3.71. The van der Waals surface area contributed by atoms with Crippen molar-refractivity contribution in [3.05, 3.63) is 33.9 Å². The number of nitrogens with zero attached hydrogens (tertiary/aromatic N) is 1. The van der Waals surface area contributed by atoms with Gasteiger partial charge in [0.05, 0.1) is 4.92 Å². The van der Waals surface area contributed by atoms with Crippen LogP contribution in [-0.2, 0) is 0 Å². The Labute approximate surface area is 123 Å². The van der Waals surface area contributed by atoms with Crippen LogP contribution < -0.4 is 11.1 Å². The fraction of sp³-hybridized carbons (Fsp3) is 0.533. The number of hydrogen-bond acceptors (Lipinski definition) is 4. The summed E-state index contributed by atoms with van der Waals surface area (Å²) in [5, 5.41) is 14.5. The fourth-order valence-electron chi connectivity index (χ4n) is 2.87. The molecule has 2 atom stereocenters. The van der Waals surface area contributed by atoms with Crippen LogP contribution in [0.1, 0.15) is 49.4 Å². The lowest BCUT2D eigenvalue weighted by molar-refractivity contribution is -0.384. The zero-order valence-electron chi connectivity index (χ0n) is 12.2. The van der Waals surface area contributed by atoms with Crippen molar-refractivity contribution in [2.45, 2.75) is 45.1 Å². The van der Waals surface area contributed by atoms with E-state index < -0.39 is 10.8 Å². The van der Waals surface area contributed by atoms with E-state index in [1.54, 1.807) is 6.07 Å². The van der Waals surface area contributed by atoms with Crippen LogP contribution in [0, 0.1) is 16.0 Å². The molecule has 0 spiro atoms. The summed E-state index contributed by atoms with van der Waals surface area (Å²) in [5.74, 6) is -0.185. The van der Waals surface area contributed by atoms with Gasteiger partial charge in [-0.2, -0.15) is 0 Å². The van der Waals surface area contributed by atoms with Gasteiger partial charge in [-0.15, -0.1) is 0 Å². The van der Waals surface area contributed by atoms with Crippen molar-refractivity contribution in [1.29, 1.82) is 0 Å². The Kier molecular flexibility index (Phi) is 4.77. The summed E-state index contributed by atoms with van der Waals surface area (Å²) in [6.45, 7) is 2.17. The van der Waals surface area contributed by atoms with Crippen molar-refractivity contribution in [2.24, 2.45) is 11.7 Å². The van der Waals surface area contributed by atoms with E-state index in [1.807, 2.05) is 0 Å². The Hall–Kier alpha value is -2.11. The highest BCUT2D eigenvalue weighted by molar-refractivity contribution is 5.94. The van der Waals surface area contributed by atoms with Crippen molar-refractivity contribution in [3.63, 3.8) is 0 Å². The number of amides is 1. The Morgan fingerprint density at radius 3 is 2.71 bits per heavy atom. The molecule has 6 nitrogen and oxygen atoms in total. The third-order valence-electron chi connectivity index (χ3n) is 4.18. The molecule has 1 aromatic rings. The van der Waals surface area contributed by atoms with Crippen molar-refractivity contribution in [3.8, 4) is 0 Å². The van der Waals surface area contributed by atoms with Crippen LogP contribution in [0.2, 0.25) is 0 Å². The first-order valence-electron chi connectivity index (χ1n) is 7.34. The summed E-state index contributed by atoms with van der Waals surface area (Å²) in [5.41, 5.74) is 5.70. The maximum absolute atomic E-state index is 11.2. The molecule has 2 unspecified atom stereocenters. The molecule has 1 saturated carbocycles. The van der Waals surface area contributed by atoms with Crippen molar-refractivity contribution in [1.82, 2.24) is 0 Å². The first kappa shape index (κ1) is 15.3. The van der Waals surface area contributed by atoms with Crippen LogP contribution in [0.4, 0.5) is 11.4 Å². The summed E-state index contributed by atoms with van der Waals surface area (Å²) >= 11 is 0. The largest absolute Gasteiger partial charge is 0.376 e. The molecule has 1 aliphatic carbocycles. The number of primary amides is 1. The van der Waals surface area contributed by atoms with Crippen LogP contribution in [-0.4, -0.2) is 16.9 Å². The van der Waals surface area contributed by atoms with Gasteiger partial charge < -0.3 is 11.1 Å². The molecule has 3 N–H and O–H groups in total. The van der Waals surface area contributed by atoms with Gasteiger partial charge in [0.15, 0.2) is 0 Å². The van der Waals surface area contributed by atoms with Gasteiger partial charge in [-0.1, -0.05) is 26.2 Å². The van der Waals surface area contributed by atoms with E-state index in [0.717, 1.165) is 19.3 Å². The van der Waals surface area contributed by atoms with Crippen LogP contribution in [0.15, 0.2) is 18.2 Å². The van der Waals surface area contributed by atoms with E-state index in [-0.39, 0.29) is 17.3 Å². The summed E-state index contributed by atoms with van der Waals surface area (Å²) < 4.78 is 0. The van der Waals surface area contributed by atoms with Crippen LogP contribution >= 0.6 is 0 Å². The van der Waals surface area contributed by atoms with Crippen molar-refractivity contribution < 1.29 is 9.72 Å². The molecule has 1 aliphatic rings. The summed E-state index contributed by atoms with van der Waals surface area (Å²) in [7, 11) is 0. The fourth-order valence-corrected chi connectivity index (χ4v) is 2.87. The molecular weight excluding hydrogens is 270 g/mol. The molecule has 6 heteroatoms. The Balaban J connectivity index is 2.26. The number of benzene rings is 1. The number of rotatable bonds is 4. The highest BCUT2D eigenvalue weighted by atomic mass is 16.6. The smallest absolute Gasteiger partial charge is 0.293 e. The molecule has 1 aromatic carbocycles. The Morgan fingerprint density at radius 2 is 2.05 bits per heavy atom. The minimum atomic E-state index is -0.660. The average Bonchev–Trinajstić information content (AvgIpc) is 2.64. The molecule has 0 aromatic heterocycles. The first-order valence-corrected chi connectivity index (χ1v) is 7.34. The molecule has 0 radical (unpaired) electrons. The standard InChI is InChI=1S/C15H21N3O3/c1-10-5-3-2-4-6-12(10)17-13-8-7-11(15(16)19)9-14(13)18(20)21/h7-10,12,17H,2-6H2,1H3,(H2,16,19). The maximum Gasteiger partial charge on any atom is 0.293 e. The zero-order valence-corrected chi connectivity index (χ0v) is 12.2. The van der Waals surface area contributed by atoms with Gasteiger partial charge in [-0.25, -0.2) is 0 Å². The van der Waals surface area contributed by atoms with E-state index >= 15 is 0 Å². The summed E-state index contributed by atoms with van der Waals surface area (Å²) in [6, 6.07) is 4.58. The SMILES string of the molecule is CC1CCCCCC1Nc1ccc(C(N)=O)cc1[N+](=O)[O-]. The van der Waals surface area contributed by atoms with Gasteiger partial charge in [0.25, 0.3) is 5.69 Å². The normalized spacial score (nSPS) is 22.3. The lowest BCUT2D eigenvalue weighted by Gasteiger charge is -2.23. The van der Waals surface area contributed by atoms with Crippen LogP contribution in [0.3, 0.4) is 0 Å². The molecule has 1 amide bonds. The van der Waals surface area contributed by atoms with Gasteiger partial charge in [0, 0.05) is 17.7 Å². The van der Waals surface area contributed by atoms with Gasteiger partial charge in [0.1, 0.15) is 5.69 Å². The number of carbonyl (C=O) groups is 1. The summed E-state index contributed by atoms with van der Waals surface area (Å²) in [4.78, 5) is 21.9. The van der Waals surface area contributed by atoms with E-state index in [9.17, 15) is 14.9 Å². The lowest BCUT2D eigenvalue weighted by atomic mass is 9.96. The van der Waals surface area contributed by atoms with E-state index in [1.165, 1.54) is 25.0 Å². The van der Waals surface area contributed by atoms with Crippen LogP contribution in [0.5, 0.6) is 0 Å². The molecule has 21 heavy (non-hydrogen) atoms. The molecular formula is C15H21N3O3. The monoisotopic (exact) mass is 291 g/mol. The predicted octanol–water partition coefficient (Wildman–Crippen LogP) is 3.07. The predicted molar refractivity (Wildman–Crippen MR) is 81.3 cm³/mol. The molecule has 1 fully saturated rings. The molecule has 0 saturated heterocycles. The zero-order chi connectivity index (χ0) is 15.4. The van der Waals surface area contributed by atoms with E-state index in [2.05, 4.69) is 12.2 Å². The number of nitrogens with two attached hydrogens (primary N) is 1. The number of hydrogen-bond donors (Lipinski definition) is 2. The van der Waals surface area contributed by atoms with Gasteiger partial charge in [-0.3, -0.25) is 14.9 Å². The highest BCUT2D eigenvalue weighted by Gasteiger charge is 2.23. The maximum atomic E-state index is 11.2. The molecule has 0 aliphatic heterocycles. The molecule has 0 bridgehead atoms. The van der Waals surface area contributed by atoms with E-state index in [0.29, 0.717) is 11.6 Å². The van der Waals surface area contributed by atoms with Gasteiger partial charge in [0.2, 0.25) is 5.91 Å².